The molecular weight excluding hydrogens is 223 g/mol. The minimum Gasteiger partial charge on any atom is -0.348 e. The number of carbonyl (C=O) groups excluding carboxylic acids is 1. The van der Waals surface area contributed by atoms with Crippen molar-refractivity contribution in [1.82, 2.24) is 10.3 Å². The second-order valence-electron chi connectivity index (χ2n) is 2.88. The molecule has 76 valence electrons. The molecule has 1 rings (SSSR count). The van der Waals surface area contributed by atoms with Crippen LogP contribution in [0.25, 0.3) is 0 Å². The second kappa shape index (κ2) is 5.17. The highest BCUT2D eigenvalue weighted by molar-refractivity contribution is 6.33. The van der Waals surface area contributed by atoms with E-state index < -0.39 is 0 Å². The molecule has 1 atom stereocenters. The van der Waals surface area contributed by atoms with Gasteiger partial charge in [0.25, 0.3) is 5.91 Å². The number of rotatable bonds is 3. The number of nitrogens with one attached hydrogen (secondary N) is 1. The Hall–Kier alpha value is -0.800. The topological polar surface area (TPSA) is 42.0 Å². The Kier molecular flexibility index (Phi) is 4.17. The van der Waals surface area contributed by atoms with Crippen LogP contribution in [0, 0.1) is 0 Å². The van der Waals surface area contributed by atoms with E-state index in [-0.39, 0.29) is 11.9 Å². The van der Waals surface area contributed by atoms with E-state index in [1.54, 1.807) is 6.07 Å². The molecule has 1 unspecified atom stereocenters. The number of carbonyl (C=O) groups is 1. The summed E-state index contributed by atoms with van der Waals surface area (Å²) in [6.07, 6.45) is 2.95. The maximum atomic E-state index is 11.6. The molecule has 3 nitrogen and oxygen atoms in total. The average molecular weight is 233 g/mol. The zero-order chi connectivity index (χ0) is 10.6. The van der Waals surface area contributed by atoms with Gasteiger partial charge >= 0.3 is 0 Å². The lowest BCUT2D eigenvalue weighted by Gasteiger charge is -2.10. The summed E-state index contributed by atoms with van der Waals surface area (Å²) in [7, 11) is 0. The highest BCUT2D eigenvalue weighted by Crippen LogP contribution is 2.13. The highest BCUT2D eigenvalue weighted by atomic mass is 35.5. The van der Waals surface area contributed by atoms with Crippen LogP contribution in [0.1, 0.15) is 17.3 Å². The molecule has 0 saturated carbocycles. The van der Waals surface area contributed by atoms with Gasteiger partial charge in [-0.15, -0.1) is 11.6 Å². The van der Waals surface area contributed by atoms with Crippen LogP contribution in [0.3, 0.4) is 0 Å². The summed E-state index contributed by atoms with van der Waals surface area (Å²) >= 11 is 11.4. The minimum absolute atomic E-state index is 0.0756. The van der Waals surface area contributed by atoms with E-state index in [4.69, 9.17) is 23.2 Å². The van der Waals surface area contributed by atoms with E-state index in [0.717, 1.165) is 0 Å². The smallest absolute Gasteiger partial charge is 0.253 e. The molecule has 0 aliphatic heterocycles. The quantitative estimate of drug-likeness (QED) is 0.812. The molecule has 1 N–H and O–H groups in total. The zero-order valence-corrected chi connectivity index (χ0v) is 9.14. The van der Waals surface area contributed by atoms with Gasteiger partial charge in [-0.2, -0.15) is 0 Å². The summed E-state index contributed by atoms with van der Waals surface area (Å²) in [4.78, 5) is 15.3. The van der Waals surface area contributed by atoms with Gasteiger partial charge in [-0.05, 0) is 13.0 Å². The number of nitrogens with zero attached hydrogens (tertiary/aromatic N) is 1. The zero-order valence-electron chi connectivity index (χ0n) is 7.63. The van der Waals surface area contributed by atoms with Crippen LogP contribution in [0.15, 0.2) is 18.5 Å². The first kappa shape index (κ1) is 11.3. The Labute approximate surface area is 92.4 Å². The van der Waals surface area contributed by atoms with Crippen molar-refractivity contribution in [2.24, 2.45) is 0 Å². The third kappa shape index (κ3) is 2.86. The van der Waals surface area contributed by atoms with E-state index in [2.05, 4.69) is 10.3 Å². The lowest BCUT2D eigenvalue weighted by atomic mass is 10.2. The third-order valence-corrected chi connectivity index (χ3v) is 2.39. The summed E-state index contributed by atoms with van der Waals surface area (Å²) in [6.45, 7) is 1.82. The summed E-state index contributed by atoms with van der Waals surface area (Å²) in [6, 6.07) is 1.49. The molecule has 0 fully saturated rings. The van der Waals surface area contributed by atoms with Crippen molar-refractivity contribution in [2.75, 3.05) is 5.88 Å². The van der Waals surface area contributed by atoms with Crippen molar-refractivity contribution in [3.05, 3.63) is 29.0 Å². The fourth-order valence-corrected chi connectivity index (χ4v) is 1.18. The van der Waals surface area contributed by atoms with E-state index >= 15 is 0 Å². The second-order valence-corrected chi connectivity index (χ2v) is 3.60. The first-order chi connectivity index (χ1) is 6.65. The predicted octanol–water partition coefficient (Wildman–Crippen LogP) is 2.09. The first-order valence-corrected chi connectivity index (χ1v) is 5.02. The monoisotopic (exact) mass is 232 g/mol. The van der Waals surface area contributed by atoms with Gasteiger partial charge < -0.3 is 5.32 Å². The number of alkyl halides is 1. The molecule has 0 aliphatic carbocycles. The minimum atomic E-state index is -0.231. The molecule has 1 aromatic heterocycles. The normalized spacial score (nSPS) is 12.2. The van der Waals surface area contributed by atoms with E-state index in [1.165, 1.54) is 12.4 Å². The molecule has 1 amide bonds. The van der Waals surface area contributed by atoms with Crippen molar-refractivity contribution in [3.63, 3.8) is 0 Å². The molecule has 1 heterocycles. The fraction of sp³-hybridized carbons (Fsp3) is 0.333. The Balaban J connectivity index is 2.75. The van der Waals surface area contributed by atoms with Gasteiger partial charge in [-0.25, -0.2) is 0 Å². The summed E-state index contributed by atoms with van der Waals surface area (Å²) in [5.41, 5.74) is 0.415. The maximum absolute atomic E-state index is 11.6. The summed E-state index contributed by atoms with van der Waals surface area (Å²) in [5.74, 6) is 0.139. The van der Waals surface area contributed by atoms with E-state index in [9.17, 15) is 4.79 Å². The SMILES string of the molecule is CC(CCl)NC(=O)c1ccncc1Cl. The number of pyridine rings is 1. The van der Waals surface area contributed by atoms with Gasteiger partial charge in [0.2, 0.25) is 0 Å². The van der Waals surface area contributed by atoms with Crippen LogP contribution in [0.5, 0.6) is 0 Å². The van der Waals surface area contributed by atoms with Gasteiger partial charge in [-0.3, -0.25) is 9.78 Å². The number of aromatic nitrogens is 1. The largest absolute Gasteiger partial charge is 0.348 e. The van der Waals surface area contributed by atoms with Crippen LogP contribution < -0.4 is 5.32 Å². The maximum Gasteiger partial charge on any atom is 0.253 e. The van der Waals surface area contributed by atoms with Gasteiger partial charge in [0.05, 0.1) is 10.6 Å². The van der Waals surface area contributed by atoms with Gasteiger partial charge in [0.1, 0.15) is 0 Å². The van der Waals surface area contributed by atoms with Crippen molar-refractivity contribution in [3.8, 4) is 0 Å². The molecule has 0 aromatic carbocycles. The van der Waals surface area contributed by atoms with Crippen LogP contribution in [0.4, 0.5) is 0 Å². The Morgan fingerprint density at radius 1 is 1.71 bits per heavy atom. The average Bonchev–Trinajstić information content (AvgIpc) is 2.18. The van der Waals surface area contributed by atoms with Gasteiger partial charge in [0, 0.05) is 24.3 Å². The van der Waals surface area contributed by atoms with Crippen LogP contribution in [-0.2, 0) is 0 Å². The molecule has 14 heavy (non-hydrogen) atoms. The first-order valence-electron chi connectivity index (χ1n) is 4.11. The predicted molar refractivity (Wildman–Crippen MR) is 56.9 cm³/mol. The number of hydrogen-bond acceptors (Lipinski definition) is 2. The van der Waals surface area contributed by atoms with Crippen molar-refractivity contribution < 1.29 is 4.79 Å². The van der Waals surface area contributed by atoms with Crippen molar-refractivity contribution in [1.29, 1.82) is 0 Å². The molecule has 0 radical (unpaired) electrons. The molecule has 1 aromatic rings. The van der Waals surface area contributed by atoms with Crippen molar-refractivity contribution in [2.45, 2.75) is 13.0 Å². The van der Waals surface area contributed by atoms with Crippen LogP contribution >= 0.6 is 23.2 Å². The molecular formula is C9H10Cl2N2O. The van der Waals surface area contributed by atoms with E-state index in [0.29, 0.717) is 16.5 Å². The lowest BCUT2D eigenvalue weighted by molar-refractivity contribution is 0.0943. The standard InChI is InChI=1S/C9H10Cl2N2O/c1-6(4-10)13-9(14)7-2-3-12-5-8(7)11/h2-3,5-6H,4H2,1H3,(H,13,14). The van der Waals surface area contributed by atoms with Crippen LogP contribution in [0.2, 0.25) is 5.02 Å². The lowest BCUT2D eigenvalue weighted by Crippen LogP contribution is -2.33. The summed E-state index contributed by atoms with van der Waals surface area (Å²) < 4.78 is 0. The molecule has 5 heteroatoms. The molecule has 0 aliphatic rings. The molecule has 0 spiro atoms. The van der Waals surface area contributed by atoms with Crippen LogP contribution in [-0.4, -0.2) is 22.8 Å². The number of hydrogen-bond donors (Lipinski definition) is 1. The van der Waals surface area contributed by atoms with E-state index in [1.807, 2.05) is 6.92 Å². The van der Waals surface area contributed by atoms with Crippen molar-refractivity contribution >= 4 is 29.1 Å². The highest BCUT2D eigenvalue weighted by Gasteiger charge is 2.11. The molecule has 0 bridgehead atoms. The van der Waals surface area contributed by atoms with Gasteiger partial charge in [0.15, 0.2) is 0 Å². The number of amides is 1. The Morgan fingerprint density at radius 2 is 2.43 bits per heavy atom. The summed E-state index contributed by atoms with van der Waals surface area (Å²) in [5, 5.41) is 3.04. The Morgan fingerprint density at radius 3 is 3.00 bits per heavy atom. The van der Waals surface area contributed by atoms with Gasteiger partial charge in [-0.1, -0.05) is 11.6 Å². The third-order valence-electron chi connectivity index (χ3n) is 1.63. The molecule has 0 saturated heterocycles. The Bertz CT molecular complexity index is 330. The fourth-order valence-electron chi connectivity index (χ4n) is 0.899. The number of halogens is 2.